The third-order valence-electron chi connectivity index (χ3n) is 2.90. The Kier molecular flexibility index (Phi) is 3.33. The molecule has 9 heteroatoms. The number of aromatic nitrogens is 3. The molecule has 102 valence electrons. The van der Waals surface area contributed by atoms with E-state index in [2.05, 4.69) is 20.4 Å². The standard InChI is InChI=1S/C10H12N4O3S2/c15-19(16)2-1-7(5-19)12-4-9-13-10(14-17-9)8-3-11-6-18-8/h3,6-7,12H,1-2,4-5H2. The van der Waals surface area contributed by atoms with Crippen LogP contribution in [0.15, 0.2) is 16.2 Å². The number of nitrogens with one attached hydrogen (secondary N) is 1. The summed E-state index contributed by atoms with van der Waals surface area (Å²) in [5, 5.41) is 6.98. The lowest BCUT2D eigenvalue weighted by molar-refractivity contribution is 0.360. The second-order valence-corrected chi connectivity index (χ2v) is 7.47. The second-order valence-electron chi connectivity index (χ2n) is 4.36. The first kappa shape index (κ1) is 12.7. The van der Waals surface area contributed by atoms with Gasteiger partial charge in [-0.2, -0.15) is 4.98 Å². The van der Waals surface area contributed by atoms with Gasteiger partial charge in [-0.3, -0.25) is 4.98 Å². The molecular weight excluding hydrogens is 288 g/mol. The number of nitrogens with zero attached hydrogens (tertiary/aromatic N) is 3. The van der Waals surface area contributed by atoms with Crippen LogP contribution in [-0.4, -0.2) is 41.1 Å². The summed E-state index contributed by atoms with van der Waals surface area (Å²) < 4.78 is 27.7. The maximum absolute atomic E-state index is 11.3. The molecule has 1 atom stereocenters. The third-order valence-corrected chi connectivity index (χ3v) is 5.43. The van der Waals surface area contributed by atoms with E-state index in [0.717, 1.165) is 4.88 Å². The number of hydrogen-bond donors (Lipinski definition) is 1. The minimum absolute atomic E-state index is 0.0243. The highest BCUT2D eigenvalue weighted by Crippen LogP contribution is 2.19. The van der Waals surface area contributed by atoms with Crippen molar-refractivity contribution < 1.29 is 12.9 Å². The zero-order valence-corrected chi connectivity index (χ0v) is 11.6. The molecule has 0 amide bonds. The van der Waals surface area contributed by atoms with E-state index in [9.17, 15) is 8.42 Å². The summed E-state index contributed by atoms with van der Waals surface area (Å²) in [7, 11) is -2.87. The van der Waals surface area contributed by atoms with E-state index in [1.807, 2.05) is 0 Å². The van der Waals surface area contributed by atoms with Crippen molar-refractivity contribution in [2.24, 2.45) is 0 Å². The predicted molar refractivity (Wildman–Crippen MR) is 69.3 cm³/mol. The molecule has 1 aliphatic rings. The molecule has 3 heterocycles. The van der Waals surface area contributed by atoms with Crippen molar-refractivity contribution in [3.8, 4) is 10.7 Å². The van der Waals surface area contributed by atoms with Gasteiger partial charge in [0.1, 0.15) is 0 Å². The van der Waals surface area contributed by atoms with Crippen molar-refractivity contribution in [3.05, 3.63) is 17.6 Å². The fourth-order valence-electron chi connectivity index (χ4n) is 1.94. The van der Waals surface area contributed by atoms with Crippen LogP contribution >= 0.6 is 11.3 Å². The minimum atomic E-state index is -2.87. The zero-order chi connectivity index (χ0) is 13.3. The van der Waals surface area contributed by atoms with Crippen molar-refractivity contribution >= 4 is 21.2 Å². The molecule has 1 saturated heterocycles. The van der Waals surface area contributed by atoms with Crippen molar-refractivity contribution in [2.75, 3.05) is 11.5 Å². The lowest BCUT2D eigenvalue weighted by Crippen LogP contribution is -2.29. The first-order chi connectivity index (χ1) is 9.12. The van der Waals surface area contributed by atoms with E-state index in [4.69, 9.17) is 4.52 Å². The first-order valence-electron chi connectivity index (χ1n) is 5.78. The van der Waals surface area contributed by atoms with Gasteiger partial charge in [0.25, 0.3) is 0 Å². The molecule has 7 nitrogen and oxygen atoms in total. The van der Waals surface area contributed by atoms with Gasteiger partial charge < -0.3 is 9.84 Å². The van der Waals surface area contributed by atoms with Gasteiger partial charge >= 0.3 is 0 Å². The van der Waals surface area contributed by atoms with Gasteiger partial charge in [0.15, 0.2) is 9.84 Å². The van der Waals surface area contributed by atoms with E-state index in [0.29, 0.717) is 24.7 Å². The molecule has 0 saturated carbocycles. The summed E-state index contributed by atoms with van der Waals surface area (Å²) in [6, 6.07) is -0.0243. The largest absolute Gasteiger partial charge is 0.338 e. The molecule has 0 radical (unpaired) electrons. The van der Waals surface area contributed by atoms with Crippen molar-refractivity contribution in [2.45, 2.75) is 19.0 Å². The van der Waals surface area contributed by atoms with Crippen LogP contribution in [0.5, 0.6) is 0 Å². The molecule has 3 rings (SSSR count). The molecule has 0 aromatic carbocycles. The molecule has 2 aromatic heterocycles. The molecule has 19 heavy (non-hydrogen) atoms. The molecule has 2 aromatic rings. The highest BCUT2D eigenvalue weighted by atomic mass is 32.2. The van der Waals surface area contributed by atoms with Crippen LogP contribution in [0.3, 0.4) is 0 Å². The lowest BCUT2D eigenvalue weighted by Gasteiger charge is -2.06. The quantitative estimate of drug-likeness (QED) is 0.876. The first-order valence-corrected chi connectivity index (χ1v) is 8.48. The van der Waals surface area contributed by atoms with E-state index >= 15 is 0 Å². The van der Waals surface area contributed by atoms with E-state index in [1.54, 1.807) is 11.7 Å². The van der Waals surface area contributed by atoms with Crippen LogP contribution < -0.4 is 5.32 Å². The van der Waals surface area contributed by atoms with Crippen LogP contribution in [0, 0.1) is 0 Å². The van der Waals surface area contributed by atoms with Crippen LogP contribution in [0.25, 0.3) is 10.7 Å². The minimum Gasteiger partial charge on any atom is -0.338 e. The maximum atomic E-state index is 11.3. The Morgan fingerprint density at radius 1 is 1.53 bits per heavy atom. The van der Waals surface area contributed by atoms with Gasteiger partial charge in [-0.05, 0) is 6.42 Å². The predicted octanol–water partition coefficient (Wildman–Crippen LogP) is 0.470. The fraction of sp³-hybridized carbons (Fsp3) is 0.500. The average molecular weight is 300 g/mol. The molecule has 0 bridgehead atoms. The van der Waals surface area contributed by atoms with Gasteiger partial charge in [0.2, 0.25) is 11.7 Å². The summed E-state index contributed by atoms with van der Waals surface area (Å²) >= 11 is 1.44. The highest BCUT2D eigenvalue weighted by Gasteiger charge is 2.27. The molecule has 1 unspecified atom stereocenters. The van der Waals surface area contributed by atoms with Gasteiger partial charge in [0, 0.05) is 12.2 Å². The summed E-state index contributed by atoms with van der Waals surface area (Å²) in [5.41, 5.74) is 1.70. The van der Waals surface area contributed by atoms with Gasteiger partial charge in [-0.15, -0.1) is 11.3 Å². The number of thiazole rings is 1. The summed E-state index contributed by atoms with van der Waals surface area (Å²) in [5.74, 6) is 1.40. The van der Waals surface area contributed by atoms with Crippen molar-refractivity contribution in [3.63, 3.8) is 0 Å². The average Bonchev–Trinajstić information content (AvgIpc) is 3.04. The van der Waals surface area contributed by atoms with Crippen LogP contribution in [0.4, 0.5) is 0 Å². The van der Waals surface area contributed by atoms with Gasteiger partial charge in [-0.25, -0.2) is 8.42 Å². The Balaban J connectivity index is 1.59. The molecule has 1 fully saturated rings. The Hall–Kier alpha value is -1.32. The zero-order valence-electron chi connectivity index (χ0n) is 9.94. The Morgan fingerprint density at radius 2 is 2.42 bits per heavy atom. The van der Waals surface area contributed by atoms with Gasteiger partial charge in [0.05, 0.1) is 28.4 Å². The summed E-state index contributed by atoms with van der Waals surface area (Å²) in [4.78, 5) is 9.02. The number of hydrogen-bond acceptors (Lipinski definition) is 8. The van der Waals surface area contributed by atoms with E-state index < -0.39 is 9.84 Å². The van der Waals surface area contributed by atoms with Crippen LogP contribution in [0.1, 0.15) is 12.3 Å². The van der Waals surface area contributed by atoms with Crippen LogP contribution in [0.2, 0.25) is 0 Å². The molecule has 0 aliphatic carbocycles. The Labute approximate surface area is 114 Å². The van der Waals surface area contributed by atoms with Crippen LogP contribution in [-0.2, 0) is 16.4 Å². The van der Waals surface area contributed by atoms with E-state index in [1.165, 1.54) is 11.3 Å². The molecule has 0 spiro atoms. The normalized spacial score (nSPS) is 21.8. The SMILES string of the molecule is O=S1(=O)CCC(NCc2nc(-c3cncs3)no2)C1. The van der Waals surface area contributed by atoms with Crippen molar-refractivity contribution in [1.82, 2.24) is 20.4 Å². The second kappa shape index (κ2) is 4.99. The maximum Gasteiger partial charge on any atom is 0.240 e. The number of sulfone groups is 1. The lowest BCUT2D eigenvalue weighted by atomic mass is 10.3. The Morgan fingerprint density at radius 3 is 3.11 bits per heavy atom. The summed E-state index contributed by atoms with van der Waals surface area (Å²) in [6.45, 7) is 0.381. The molecule has 1 aliphatic heterocycles. The molecule has 1 N–H and O–H groups in total. The highest BCUT2D eigenvalue weighted by molar-refractivity contribution is 7.91. The van der Waals surface area contributed by atoms with E-state index in [-0.39, 0.29) is 17.5 Å². The fourth-order valence-corrected chi connectivity index (χ4v) is 4.19. The molecular formula is C10H12N4O3S2. The smallest absolute Gasteiger partial charge is 0.240 e. The number of rotatable bonds is 4. The van der Waals surface area contributed by atoms with Gasteiger partial charge in [-0.1, -0.05) is 5.16 Å². The van der Waals surface area contributed by atoms with Crippen molar-refractivity contribution in [1.29, 1.82) is 0 Å². The topological polar surface area (TPSA) is 98.0 Å². The summed E-state index contributed by atoms with van der Waals surface area (Å²) in [6.07, 6.45) is 2.31. The Bertz CT molecular complexity index is 650. The monoisotopic (exact) mass is 300 g/mol. The third kappa shape index (κ3) is 2.99.